The van der Waals surface area contributed by atoms with Crippen LogP contribution < -0.4 is 14.2 Å². The molecule has 2 heterocycles. The summed E-state index contributed by atoms with van der Waals surface area (Å²) in [4.78, 5) is 4.62. The zero-order valence-electron chi connectivity index (χ0n) is 16.3. The Morgan fingerprint density at radius 1 is 0.933 bits per heavy atom. The molecule has 30 heavy (non-hydrogen) atoms. The molecule has 9 heteroatoms. The lowest BCUT2D eigenvalue weighted by Gasteiger charge is -2.35. The van der Waals surface area contributed by atoms with Crippen molar-refractivity contribution in [1.29, 1.82) is 0 Å². The van der Waals surface area contributed by atoms with Crippen LogP contribution in [0.4, 0.5) is 0 Å². The molecule has 162 valence electrons. The summed E-state index contributed by atoms with van der Waals surface area (Å²) in [5, 5.41) is 11.5. The number of benzene rings is 2. The van der Waals surface area contributed by atoms with Gasteiger partial charge in [0, 0.05) is 44.3 Å². The predicted octanol–water partition coefficient (Wildman–Crippen LogP) is 3.93. The van der Waals surface area contributed by atoms with Gasteiger partial charge in [-0.05, 0) is 29.8 Å². The predicted molar refractivity (Wildman–Crippen MR) is 117 cm³/mol. The fraction of sp³-hybridized carbons (Fsp3) is 0.429. The molecule has 2 aromatic carbocycles. The molecule has 1 atom stereocenters. The Morgan fingerprint density at radius 3 is 2.33 bits per heavy atom. The van der Waals surface area contributed by atoms with Crippen molar-refractivity contribution in [2.45, 2.75) is 12.6 Å². The van der Waals surface area contributed by atoms with E-state index in [1.54, 1.807) is 12.1 Å². The van der Waals surface area contributed by atoms with Crippen molar-refractivity contribution >= 4 is 34.8 Å². The Hall–Kier alpha value is -1.41. The van der Waals surface area contributed by atoms with Crippen molar-refractivity contribution in [2.24, 2.45) is 0 Å². The molecule has 1 saturated heterocycles. The van der Waals surface area contributed by atoms with E-state index < -0.39 is 6.10 Å². The van der Waals surface area contributed by atoms with Crippen LogP contribution in [0.2, 0.25) is 15.1 Å². The normalized spacial score (nSPS) is 17.9. The summed E-state index contributed by atoms with van der Waals surface area (Å²) in [6, 6.07) is 9.21. The molecule has 0 radical (unpaired) electrons. The molecule has 2 aliphatic rings. The van der Waals surface area contributed by atoms with Gasteiger partial charge < -0.3 is 19.3 Å². The quantitative estimate of drug-likeness (QED) is 0.657. The van der Waals surface area contributed by atoms with Crippen LogP contribution in [0.15, 0.2) is 30.3 Å². The molecule has 0 saturated carbocycles. The Labute approximate surface area is 190 Å². The summed E-state index contributed by atoms with van der Waals surface area (Å²) < 4.78 is 16.4. The Balaban J connectivity index is 1.21. The molecule has 6 nitrogen and oxygen atoms in total. The van der Waals surface area contributed by atoms with Crippen molar-refractivity contribution in [3.05, 3.63) is 51.0 Å². The van der Waals surface area contributed by atoms with E-state index in [1.807, 2.05) is 12.1 Å². The van der Waals surface area contributed by atoms with E-state index >= 15 is 0 Å². The van der Waals surface area contributed by atoms with Gasteiger partial charge in [-0.25, -0.2) is 0 Å². The van der Waals surface area contributed by atoms with Gasteiger partial charge in [-0.3, -0.25) is 9.80 Å². The van der Waals surface area contributed by atoms with Crippen LogP contribution in [0, 0.1) is 0 Å². The smallest absolute Gasteiger partial charge is 0.231 e. The number of hydrogen-bond acceptors (Lipinski definition) is 6. The topological polar surface area (TPSA) is 54.4 Å². The SMILES string of the molecule is OC(COc1c(Cl)cc(Cl)cc1Cl)CN1CCN(Cc2ccc3c(c2)OCO3)CC1. The number of piperazine rings is 1. The maximum Gasteiger partial charge on any atom is 0.231 e. The van der Waals surface area contributed by atoms with Crippen LogP contribution in [0.3, 0.4) is 0 Å². The maximum absolute atomic E-state index is 10.4. The number of aliphatic hydroxyl groups is 1. The standard InChI is InChI=1S/C21H23Cl3N2O4/c22-15-8-17(23)21(18(24)9-15)28-12-16(27)11-26-5-3-25(4-6-26)10-14-1-2-19-20(7-14)30-13-29-19/h1-2,7-9,16,27H,3-6,10-13H2. The second-order valence-corrected chi connectivity index (χ2v) is 8.68. The zero-order valence-corrected chi connectivity index (χ0v) is 18.6. The molecule has 0 amide bonds. The van der Waals surface area contributed by atoms with E-state index in [2.05, 4.69) is 15.9 Å². The van der Waals surface area contributed by atoms with Gasteiger partial charge in [-0.2, -0.15) is 0 Å². The van der Waals surface area contributed by atoms with Gasteiger partial charge in [0.05, 0.1) is 10.0 Å². The molecule has 1 unspecified atom stereocenters. The third kappa shape index (κ3) is 5.44. The van der Waals surface area contributed by atoms with E-state index in [-0.39, 0.29) is 6.61 Å². The van der Waals surface area contributed by atoms with Crippen LogP contribution in [-0.2, 0) is 6.54 Å². The number of nitrogens with zero attached hydrogens (tertiary/aromatic N) is 2. The van der Waals surface area contributed by atoms with Crippen molar-refractivity contribution in [3.63, 3.8) is 0 Å². The van der Waals surface area contributed by atoms with Crippen LogP contribution in [0.25, 0.3) is 0 Å². The molecular weight excluding hydrogens is 451 g/mol. The van der Waals surface area contributed by atoms with Crippen LogP contribution in [-0.4, -0.2) is 67.1 Å². The summed E-state index contributed by atoms with van der Waals surface area (Å²) in [6.07, 6.45) is -0.645. The Bertz CT molecular complexity index is 868. The number of β-amino-alcohol motifs (C(OH)–C–C–N with tert-alkyl or cyclic N) is 1. The molecule has 0 aromatic heterocycles. The summed E-state index contributed by atoms with van der Waals surface area (Å²) in [6.45, 7) is 5.41. The number of ether oxygens (including phenoxy) is 3. The molecule has 2 aromatic rings. The lowest BCUT2D eigenvalue weighted by molar-refractivity contribution is 0.0446. The molecule has 1 N–H and O–H groups in total. The fourth-order valence-corrected chi connectivity index (χ4v) is 4.55. The average molecular weight is 474 g/mol. The number of aliphatic hydroxyl groups excluding tert-OH is 1. The summed E-state index contributed by atoms with van der Waals surface area (Å²) in [7, 11) is 0. The lowest BCUT2D eigenvalue weighted by Crippen LogP contribution is -2.48. The minimum Gasteiger partial charge on any atom is -0.488 e. The molecule has 4 rings (SSSR count). The number of fused-ring (bicyclic) bond motifs is 1. The monoisotopic (exact) mass is 472 g/mol. The highest BCUT2D eigenvalue weighted by Gasteiger charge is 2.21. The van der Waals surface area contributed by atoms with Crippen molar-refractivity contribution < 1.29 is 19.3 Å². The molecular formula is C21H23Cl3N2O4. The first-order chi connectivity index (χ1) is 14.5. The van der Waals surface area contributed by atoms with Gasteiger partial charge in [-0.1, -0.05) is 40.9 Å². The minimum absolute atomic E-state index is 0.110. The average Bonchev–Trinajstić information content (AvgIpc) is 3.16. The van der Waals surface area contributed by atoms with Gasteiger partial charge in [0.2, 0.25) is 6.79 Å². The zero-order chi connectivity index (χ0) is 21.1. The summed E-state index contributed by atoms with van der Waals surface area (Å²) >= 11 is 18.1. The summed E-state index contributed by atoms with van der Waals surface area (Å²) in [5.41, 5.74) is 1.21. The second kappa shape index (κ2) is 9.81. The molecule has 2 aliphatic heterocycles. The highest BCUT2D eigenvalue weighted by Crippen LogP contribution is 2.36. The van der Waals surface area contributed by atoms with Crippen LogP contribution in [0.1, 0.15) is 5.56 Å². The molecule has 0 aliphatic carbocycles. The Kier molecular flexibility index (Phi) is 7.13. The van der Waals surface area contributed by atoms with Gasteiger partial charge in [0.25, 0.3) is 0 Å². The third-order valence-corrected chi connectivity index (χ3v) is 5.94. The van der Waals surface area contributed by atoms with E-state index in [0.29, 0.717) is 34.2 Å². The number of hydrogen-bond donors (Lipinski definition) is 1. The van der Waals surface area contributed by atoms with E-state index in [9.17, 15) is 5.11 Å². The van der Waals surface area contributed by atoms with Gasteiger partial charge in [0.15, 0.2) is 17.2 Å². The van der Waals surface area contributed by atoms with Gasteiger partial charge in [-0.15, -0.1) is 0 Å². The molecule has 1 fully saturated rings. The minimum atomic E-state index is -0.645. The van der Waals surface area contributed by atoms with E-state index in [4.69, 9.17) is 49.0 Å². The van der Waals surface area contributed by atoms with Gasteiger partial charge in [0.1, 0.15) is 12.7 Å². The van der Waals surface area contributed by atoms with Gasteiger partial charge >= 0.3 is 0 Å². The summed E-state index contributed by atoms with van der Waals surface area (Å²) in [5.74, 6) is 1.96. The van der Waals surface area contributed by atoms with Crippen molar-refractivity contribution in [1.82, 2.24) is 9.80 Å². The van der Waals surface area contributed by atoms with Crippen LogP contribution >= 0.6 is 34.8 Å². The molecule has 0 spiro atoms. The largest absolute Gasteiger partial charge is 0.488 e. The third-order valence-electron chi connectivity index (χ3n) is 5.16. The van der Waals surface area contributed by atoms with Crippen molar-refractivity contribution in [3.8, 4) is 17.2 Å². The second-order valence-electron chi connectivity index (χ2n) is 7.43. The van der Waals surface area contributed by atoms with E-state index in [0.717, 1.165) is 44.2 Å². The first-order valence-electron chi connectivity index (χ1n) is 9.76. The Morgan fingerprint density at radius 2 is 1.60 bits per heavy atom. The number of rotatable bonds is 7. The number of halogens is 3. The van der Waals surface area contributed by atoms with Crippen molar-refractivity contribution in [2.75, 3.05) is 46.1 Å². The van der Waals surface area contributed by atoms with Crippen LogP contribution in [0.5, 0.6) is 17.2 Å². The molecule has 0 bridgehead atoms. The lowest BCUT2D eigenvalue weighted by atomic mass is 10.1. The van der Waals surface area contributed by atoms with E-state index in [1.165, 1.54) is 5.56 Å². The highest BCUT2D eigenvalue weighted by molar-refractivity contribution is 6.40. The fourth-order valence-electron chi connectivity index (χ4n) is 3.62. The first kappa shape index (κ1) is 21.8. The maximum atomic E-state index is 10.4. The highest BCUT2D eigenvalue weighted by atomic mass is 35.5. The first-order valence-corrected chi connectivity index (χ1v) is 10.9.